The van der Waals surface area contributed by atoms with Crippen LogP contribution in [0.1, 0.15) is 109 Å². The van der Waals surface area contributed by atoms with E-state index in [2.05, 4.69) is 82.4 Å². The van der Waals surface area contributed by atoms with Gasteiger partial charge in [-0.2, -0.15) is 0 Å². The highest BCUT2D eigenvalue weighted by Gasteiger charge is 2.45. The first kappa shape index (κ1) is 24.4. The molecule has 1 saturated carbocycles. The molecule has 0 N–H and O–H groups in total. The summed E-state index contributed by atoms with van der Waals surface area (Å²) in [4.78, 5) is 2.85. The Balaban J connectivity index is 1.93. The maximum absolute atomic E-state index is 4.02. The zero-order valence-corrected chi connectivity index (χ0v) is 20.9. The van der Waals surface area contributed by atoms with Crippen molar-refractivity contribution in [3.05, 3.63) is 54.1 Å². The van der Waals surface area contributed by atoms with Crippen LogP contribution in [0, 0.1) is 5.92 Å². The van der Waals surface area contributed by atoms with E-state index in [4.69, 9.17) is 0 Å². The highest BCUT2D eigenvalue weighted by atomic mass is 15.1. The molecule has 1 fully saturated rings. The van der Waals surface area contributed by atoms with Crippen molar-refractivity contribution in [3.8, 4) is 0 Å². The molecule has 3 rings (SSSR count). The van der Waals surface area contributed by atoms with E-state index in [0.29, 0.717) is 24.7 Å². The zero-order chi connectivity index (χ0) is 22.4. The van der Waals surface area contributed by atoms with E-state index in [1.165, 1.54) is 57.8 Å². The van der Waals surface area contributed by atoms with E-state index in [9.17, 15) is 0 Å². The normalized spacial score (nSPS) is 23.0. The highest BCUT2D eigenvalue weighted by Crippen LogP contribution is 2.49. The van der Waals surface area contributed by atoms with Crippen LogP contribution in [-0.4, -0.2) is 23.7 Å². The lowest BCUT2D eigenvalue weighted by atomic mass is 9.39. The Morgan fingerprint density at radius 1 is 1.06 bits per heavy atom. The van der Waals surface area contributed by atoms with Crippen molar-refractivity contribution in [3.63, 3.8) is 0 Å². The van der Waals surface area contributed by atoms with Gasteiger partial charge in [0.1, 0.15) is 0 Å². The van der Waals surface area contributed by atoms with Gasteiger partial charge in [0.2, 0.25) is 6.85 Å². The summed E-state index contributed by atoms with van der Waals surface area (Å²) in [6, 6.07) is 10.5. The molecule has 170 valence electrons. The Morgan fingerprint density at radius 3 is 2.48 bits per heavy atom. The van der Waals surface area contributed by atoms with E-state index < -0.39 is 0 Å². The first-order chi connectivity index (χ1) is 15.0. The largest absolute Gasteiger partial charge is 0.337 e. The number of allylic oxidation sites excluding steroid dienone is 3. The third-order valence-electron chi connectivity index (χ3n) is 7.82. The summed E-state index contributed by atoms with van der Waals surface area (Å²) in [5.74, 6) is 2.15. The molecule has 31 heavy (non-hydrogen) atoms. The summed E-state index contributed by atoms with van der Waals surface area (Å²) in [5.41, 5.74) is 4.76. The van der Waals surface area contributed by atoms with E-state index in [-0.39, 0.29) is 0 Å². The lowest BCUT2D eigenvalue weighted by molar-refractivity contribution is 0.293. The predicted molar refractivity (Wildman–Crippen MR) is 140 cm³/mol. The SMILES string of the molecule is C=CCC1CCC(B(C2C=C(CCCCCC)c3ccccc32)N(C(C)C)C(C)C)C1. The number of unbranched alkanes of at least 4 members (excludes halogenated alkanes) is 3. The molecular weight excluding hydrogens is 373 g/mol. The summed E-state index contributed by atoms with van der Waals surface area (Å²) < 4.78 is 0. The second kappa shape index (κ2) is 11.5. The van der Waals surface area contributed by atoms with Gasteiger partial charge in [-0.1, -0.05) is 110 Å². The van der Waals surface area contributed by atoms with Gasteiger partial charge in [-0.25, -0.2) is 0 Å². The molecule has 2 aliphatic carbocycles. The summed E-state index contributed by atoms with van der Waals surface area (Å²) in [6.45, 7) is 16.5. The number of rotatable bonds is 12. The van der Waals surface area contributed by atoms with E-state index in [1.54, 1.807) is 16.7 Å². The summed E-state index contributed by atoms with van der Waals surface area (Å²) in [5, 5.41) is 0. The molecule has 0 aliphatic heterocycles. The maximum atomic E-state index is 4.02. The van der Waals surface area contributed by atoms with Gasteiger partial charge in [-0.05, 0) is 65.6 Å². The van der Waals surface area contributed by atoms with Crippen LogP contribution in [0.4, 0.5) is 0 Å². The maximum Gasteiger partial charge on any atom is 0.238 e. The van der Waals surface area contributed by atoms with Crippen LogP contribution < -0.4 is 0 Å². The molecule has 0 aromatic heterocycles. The number of hydrogen-bond acceptors (Lipinski definition) is 1. The molecule has 2 heteroatoms. The third kappa shape index (κ3) is 5.75. The Kier molecular flexibility index (Phi) is 9.08. The van der Waals surface area contributed by atoms with Crippen LogP contribution in [0.25, 0.3) is 5.57 Å². The molecule has 0 amide bonds. The van der Waals surface area contributed by atoms with Gasteiger partial charge in [-0.3, -0.25) is 0 Å². The molecule has 1 nitrogen and oxygen atoms in total. The van der Waals surface area contributed by atoms with E-state index in [0.717, 1.165) is 11.7 Å². The van der Waals surface area contributed by atoms with Crippen molar-refractivity contribution in [2.75, 3.05) is 0 Å². The molecule has 0 saturated heterocycles. The molecule has 0 heterocycles. The predicted octanol–water partition coefficient (Wildman–Crippen LogP) is 8.53. The second-order valence-corrected chi connectivity index (χ2v) is 10.7. The van der Waals surface area contributed by atoms with Gasteiger partial charge in [0, 0.05) is 0 Å². The second-order valence-electron chi connectivity index (χ2n) is 10.7. The van der Waals surface area contributed by atoms with Crippen LogP contribution in [-0.2, 0) is 0 Å². The van der Waals surface area contributed by atoms with Crippen molar-refractivity contribution in [1.29, 1.82) is 0 Å². The monoisotopic (exact) mass is 419 g/mol. The van der Waals surface area contributed by atoms with Gasteiger partial charge in [0.25, 0.3) is 0 Å². The fraction of sp³-hybridized carbons (Fsp3) is 0.655. The Bertz CT molecular complexity index is 726. The van der Waals surface area contributed by atoms with Crippen LogP contribution in [0.5, 0.6) is 0 Å². The summed E-state index contributed by atoms with van der Waals surface area (Å²) >= 11 is 0. The van der Waals surface area contributed by atoms with Crippen molar-refractivity contribution < 1.29 is 0 Å². The van der Waals surface area contributed by atoms with Crippen LogP contribution in [0.15, 0.2) is 43.0 Å². The number of fused-ring (bicyclic) bond motifs is 1. The first-order valence-corrected chi connectivity index (χ1v) is 13.2. The highest BCUT2D eigenvalue weighted by molar-refractivity contribution is 6.60. The fourth-order valence-electron chi connectivity index (χ4n) is 6.60. The minimum Gasteiger partial charge on any atom is -0.337 e. The van der Waals surface area contributed by atoms with Gasteiger partial charge in [0.05, 0.1) is 0 Å². The van der Waals surface area contributed by atoms with Crippen LogP contribution >= 0.6 is 0 Å². The lowest BCUT2D eigenvalue weighted by Gasteiger charge is -2.42. The molecule has 1 aromatic rings. The van der Waals surface area contributed by atoms with E-state index >= 15 is 0 Å². The average Bonchev–Trinajstić information content (AvgIpc) is 3.34. The van der Waals surface area contributed by atoms with Gasteiger partial charge < -0.3 is 4.81 Å². The summed E-state index contributed by atoms with van der Waals surface area (Å²) in [6.07, 6.45) is 16.7. The average molecular weight is 420 g/mol. The molecule has 1 aromatic carbocycles. The molecular formula is C29H46BN. The van der Waals surface area contributed by atoms with Crippen molar-refractivity contribution in [2.24, 2.45) is 5.92 Å². The quantitative estimate of drug-likeness (QED) is 0.186. The number of nitrogens with zero attached hydrogens (tertiary/aromatic N) is 1. The minimum absolute atomic E-state index is 0.537. The van der Waals surface area contributed by atoms with E-state index in [1.807, 2.05) is 0 Å². The first-order valence-electron chi connectivity index (χ1n) is 13.2. The summed E-state index contributed by atoms with van der Waals surface area (Å²) in [7, 11) is 0. The molecule has 3 unspecified atom stereocenters. The molecule has 0 radical (unpaired) electrons. The zero-order valence-electron chi connectivity index (χ0n) is 20.9. The van der Waals surface area contributed by atoms with Crippen LogP contribution in [0.3, 0.4) is 0 Å². The van der Waals surface area contributed by atoms with Gasteiger partial charge >= 0.3 is 0 Å². The molecule has 0 spiro atoms. The lowest BCUT2D eigenvalue weighted by Crippen LogP contribution is -2.53. The van der Waals surface area contributed by atoms with Crippen molar-refractivity contribution in [2.45, 2.75) is 116 Å². The van der Waals surface area contributed by atoms with Crippen LogP contribution in [0.2, 0.25) is 5.82 Å². The Hall–Kier alpha value is -1.28. The topological polar surface area (TPSA) is 3.24 Å². The minimum atomic E-state index is 0.537. The molecule has 0 bridgehead atoms. The number of benzene rings is 1. The molecule has 3 atom stereocenters. The van der Waals surface area contributed by atoms with Crippen molar-refractivity contribution in [1.82, 2.24) is 4.81 Å². The Morgan fingerprint density at radius 2 is 1.81 bits per heavy atom. The van der Waals surface area contributed by atoms with Gasteiger partial charge in [-0.15, -0.1) is 6.58 Å². The fourth-order valence-corrected chi connectivity index (χ4v) is 6.60. The van der Waals surface area contributed by atoms with Gasteiger partial charge in [0.15, 0.2) is 0 Å². The molecule has 2 aliphatic rings. The standard InChI is InChI=1S/C29H46BN/c1-7-9-10-11-15-25-21-29(28-17-13-12-16-27(25)28)30(31(22(3)4)23(5)6)26-19-18-24(20-26)14-8-2/h8,12-13,16-17,21-24,26,29H,2,7,9-11,14-15,18-20H2,1,3-6H3. The smallest absolute Gasteiger partial charge is 0.238 e. The third-order valence-corrected chi connectivity index (χ3v) is 7.82. The number of hydrogen-bond donors (Lipinski definition) is 0. The Labute approximate surface area is 193 Å². The van der Waals surface area contributed by atoms with Crippen molar-refractivity contribution >= 4 is 12.4 Å².